The smallest absolute Gasteiger partial charge is 0.314 e. The van der Waals surface area contributed by atoms with Crippen molar-refractivity contribution >= 4 is 23.4 Å². The summed E-state index contributed by atoms with van der Waals surface area (Å²) in [5.74, 6) is 0.197. The Kier molecular flexibility index (Phi) is 6.82. The van der Waals surface area contributed by atoms with Gasteiger partial charge in [-0.15, -0.1) is 0 Å². The van der Waals surface area contributed by atoms with E-state index in [0.29, 0.717) is 25.9 Å². The fraction of sp³-hybridized carbons (Fsp3) is 0.263. The number of nitrogens with zero attached hydrogens (tertiary/aromatic N) is 1. The first kappa shape index (κ1) is 18.0. The van der Waals surface area contributed by atoms with Gasteiger partial charge in [0.1, 0.15) is 0 Å². The number of primary amides is 1. The summed E-state index contributed by atoms with van der Waals surface area (Å²) in [6.07, 6.45) is 1.41. The number of Topliss-reactive ketones (excluding diaryl/α,β-unsaturated/α-hetero) is 1. The number of benzene rings is 2. The number of carbonyl (C=O) groups is 2. The molecule has 2 aromatic rings. The van der Waals surface area contributed by atoms with Crippen LogP contribution in [0.15, 0.2) is 60.7 Å². The van der Waals surface area contributed by atoms with Gasteiger partial charge in [0, 0.05) is 29.6 Å². The third-order valence-electron chi connectivity index (χ3n) is 3.97. The zero-order chi connectivity index (χ0) is 17.4. The molecule has 0 atom stereocenters. The summed E-state index contributed by atoms with van der Waals surface area (Å²) in [6, 6.07) is 18.4. The monoisotopic (exact) mass is 344 g/mol. The van der Waals surface area contributed by atoms with Crippen molar-refractivity contribution in [3.63, 3.8) is 0 Å². The molecule has 0 unspecified atom stereocenters. The normalized spacial score (nSPS) is 14.5. The summed E-state index contributed by atoms with van der Waals surface area (Å²) in [7, 11) is 0. The second-order valence-electron chi connectivity index (χ2n) is 5.63. The summed E-state index contributed by atoms with van der Waals surface area (Å²) < 4.78 is 0. The first-order chi connectivity index (χ1) is 11.6. The van der Waals surface area contributed by atoms with Crippen molar-refractivity contribution in [3.05, 3.63) is 71.2 Å². The topological polar surface area (TPSA) is 63.4 Å². The zero-order valence-electron chi connectivity index (χ0n) is 13.4. The van der Waals surface area contributed by atoms with E-state index in [-0.39, 0.29) is 11.7 Å². The highest BCUT2D eigenvalue weighted by molar-refractivity contribution is 6.30. The highest BCUT2D eigenvalue weighted by atomic mass is 35.5. The van der Waals surface area contributed by atoms with Crippen LogP contribution in [0.2, 0.25) is 5.02 Å². The molecule has 126 valence electrons. The first-order valence-electron chi connectivity index (χ1n) is 7.92. The number of amides is 2. The average Bonchev–Trinajstić information content (AvgIpc) is 2.63. The van der Waals surface area contributed by atoms with E-state index >= 15 is 0 Å². The Morgan fingerprint density at radius 3 is 1.83 bits per heavy atom. The van der Waals surface area contributed by atoms with Gasteiger partial charge in [0.25, 0.3) is 0 Å². The number of halogens is 1. The van der Waals surface area contributed by atoms with Gasteiger partial charge in [-0.3, -0.25) is 4.79 Å². The lowest BCUT2D eigenvalue weighted by molar-refractivity contribution is 0.0857. The van der Waals surface area contributed by atoms with Crippen LogP contribution in [0.5, 0.6) is 0 Å². The van der Waals surface area contributed by atoms with Crippen molar-refractivity contribution < 1.29 is 9.59 Å². The fourth-order valence-electron chi connectivity index (χ4n) is 2.61. The summed E-state index contributed by atoms with van der Waals surface area (Å²) >= 11 is 5.54. The minimum Gasteiger partial charge on any atom is -0.351 e. The van der Waals surface area contributed by atoms with Crippen LogP contribution in [0.25, 0.3) is 0 Å². The lowest BCUT2D eigenvalue weighted by Gasteiger charge is -2.29. The van der Waals surface area contributed by atoms with Crippen LogP contribution in [0.1, 0.15) is 23.2 Å². The molecule has 2 aromatic carbocycles. The molecule has 1 fully saturated rings. The van der Waals surface area contributed by atoms with E-state index in [2.05, 4.69) is 0 Å². The van der Waals surface area contributed by atoms with Gasteiger partial charge < -0.3 is 10.6 Å². The lowest BCUT2D eigenvalue weighted by atomic mass is 9.89. The second-order valence-corrected chi connectivity index (χ2v) is 6.06. The summed E-state index contributed by atoms with van der Waals surface area (Å²) in [4.78, 5) is 24.7. The van der Waals surface area contributed by atoms with E-state index in [1.165, 1.54) is 0 Å². The van der Waals surface area contributed by atoms with Crippen molar-refractivity contribution in [2.45, 2.75) is 12.8 Å². The standard InChI is InChI=1S/C13H16N2O2.C6H5Cl/c14-13(17)15-8-6-11(7-9-15)12(16)10-4-2-1-3-5-10;7-6-4-2-1-3-5-6/h1-5,11H,6-9H2,(H2,14,17);1-5H. The summed E-state index contributed by atoms with van der Waals surface area (Å²) in [5.41, 5.74) is 5.96. The van der Waals surface area contributed by atoms with Gasteiger partial charge in [-0.1, -0.05) is 60.1 Å². The third kappa shape index (κ3) is 5.39. The predicted octanol–water partition coefficient (Wildman–Crippen LogP) is 4.00. The Bertz CT molecular complexity index is 654. The SMILES string of the molecule is Clc1ccccc1.NC(=O)N1CCC(C(=O)c2ccccc2)CC1. The van der Waals surface area contributed by atoms with Gasteiger partial charge >= 0.3 is 6.03 Å². The van der Waals surface area contributed by atoms with Crippen LogP contribution >= 0.6 is 11.6 Å². The van der Waals surface area contributed by atoms with E-state index in [0.717, 1.165) is 10.6 Å². The Hall–Kier alpha value is -2.33. The zero-order valence-corrected chi connectivity index (χ0v) is 14.2. The van der Waals surface area contributed by atoms with Gasteiger partial charge in [-0.2, -0.15) is 0 Å². The molecule has 2 N–H and O–H groups in total. The van der Waals surface area contributed by atoms with Crippen LogP contribution < -0.4 is 5.73 Å². The number of piperidine rings is 1. The predicted molar refractivity (Wildman–Crippen MR) is 96.1 cm³/mol. The van der Waals surface area contributed by atoms with Gasteiger partial charge in [-0.05, 0) is 25.0 Å². The molecule has 0 spiro atoms. The number of nitrogens with two attached hydrogens (primary N) is 1. The molecular formula is C19H21ClN2O2. The molecule has 1 aliphatic heterocycles. The van der Waals surface area contributed by atoms with Gasteiger partial charge in [-0.25, -0.2) is 4.79 Å². The molecule has 3 rings (SSSR count). The molecule has 4 nitrogen and oxygen atoms in total. The number of carbonyl (C=O) groups excluding carboxylic acids is 2. The maximum atomic E-state index is 12.1. The largest absolute Gasteiger partial charge is 0.351 e. The molecule has 0 bridgehead atoms. The third-order valence-corrected chi connectivity index (χ3v) is 4.22. The first-order valence-corrected chi connectivity index (χ1v) is 8.30. The second kappa shape index (κ2) is 9.08. The Morgan fingerprint density at radius 2 is 1.42 bits per heavy atom. The molecule has 0 saturated carbocycles. The molecular weight excluding hydrogens is 324 g/mol. The van der Waals surface area contributed by atoms with Crippen LogP contribution in [-0.4, -0.2) is 29.8 Å². The number of rotatable bonds is 2. The van der Waals surface area contributed by atoms with Crippen LogP contribution in [-0.2, 0) is 0 Å². The van der Waals surface area contributed by atoms with Crippen LogP contribution in [0.4, 0.5) is 4.79 Å². The average molecular weight is 345 g/mol. The number of likely N-dealkylation sites (tertiary alicyclic amines) is 1. The van der Waals surface area contributed by atoms with E-state index in [4.69, 9.17) is 17.3 Å². The van der Waals surface area contributed by atoms with E-state index in [1.54, 1.807) is 4.90 Å². The van der Waals surface area contributed by atoms with Gasteiger partial charge in [0.05, 0.1) is 0 Å². The van der Waals surface area contributed by atoms with Crippen molar-refractivity contribution in [1.29, 1.82) is 0 Å². The molecule has 0 aromatic heterocycles. The molecule has 2 amide bonds. The lowest BCUT2D eigenvalue weighted by Crippen LogP contribution is -2.43. The number of hydrogen-bond donors (Lipinski definition) is 1. The number of urea groups is 1. The fourth-order valence-corrected chi connectivity index (χ4v) is 2.76. The van der Waals surface area contributed by atoms with Crippen molar-refractivity contribution in [2.24, 2.45) is 11.7 Å². The molecule has 1 aliphatic rings. The van der Waals surface area contributed by atoms with Crippen LogP contribution in [0.3, 0.4) is 0 Å². The minimum absolute atomic E-state index is 0.0213. The highest BCUT2D eigenvalue weighted by Crippen LogP contribution is 2.21. The molecule has 24 heavy (non-hydrogen) atoms. The quantitative estimate of drug-likeness (QED) is 0.837. The van der Waals surface area contributed by atoms with Crippen LogP contribution in [0, 0.1) is 5.92 Å². The Morgan fingerprint density at radius 1 is 0.917 bits per heavy atom. The Balaban J connectivity index is 0.000000249. The minimum atomic E-state index is -0.393. The maximum Gasteiger partial charge on any atom is 0.314 e. The van der Waals surface area contributed by atoms with Gasteiger partial charge in [0.2, 0.25) is 0 Å². The molecule has 0 radical (unpaired) electrons. The summed E-state index contributed by atoms with van der Waals surface area (Å²) in [5, 5.41) is 0.794. The molecule has 1 saturated heterocycles. The maximum absolute atomic E-state index is 12.1. The van der Waals surface area contributed by atoms with Crippen molar-refractivity contribution in [2.75, 3.05) is 13.1 Å². The van der Waals surface area contributed by atoms with E-state index < -0.39 is 6.03 Å². The van der Waals surface area contributed by atoms with Crippen molar-refractivity contribution in [3.8, 4) is 0 Å². The molecule has 0 aliphatic carbocycles. The Labute approximate surface area is 147 Å². The highest BCUT2D eigenvalue weighted by Gasteiger charge is 2.26. The van der Waals surface area contributed by atoms with E-state index in [1.807, 2.05) is 60.7 Å². The summed E-state index contributed by atoms with van der Waals surface area (Å²) in [6.45, 7) is 1.16. The number of ketones is 1. The number of hydrogen-bond acceptors (Lipinski definition) is 2. The van der Waals surface area contributed by atoms with Crippen molar-refractivity contribution in [1.82, 2.24) is 4.90 Å². The van der Waals surface area contributed by atoms with Gasteiger partial charge in [0.15, 0.2) is 5.78 Å². The molecule has 1 heterocycles. The molecule has 5 heteroatoms. The van der Waals surface area contributed by atoms with E-state index in [9.17, 15) is 9.59 Å².